The smallest absolute Gasteiger partial charge is 0.328 e. The molecule has 0 unspecified atom stereocenters. The lowest BCUT2D eigenvalue weighted by Gasteiger charge is -2.07. The van der Waals surface area contributed by atoms with E-state index in [1.807, 2.05) is 0 Å². The molecule has 0 aliphatic rings. The number of carbonyl (C=O) groups excluding carboxylic acids is 1. The van der Waals surface area contributed by atoms with E-state index in [4.69, 9.17) is 9.84 Å². The molecule has 1 rings (SSSR count). The van der Waals surface area contributed by atoms with Gasteiger partial charge in [-0.3, -0.25) is 4.79 Å². The van der Waals surface area contributed by atoms with E-state index >= 15 is 0 Å². The molecule has 20 heavy (non-hydrogen) atoms. The van der Waals surface area contributed by atoms with Crippen LogP contribution >= 0.6 is 0 Å². The molecule has 1 aromatic rings. The van der Waals surface area contributed by atoms with E-state index in [-0.39, 0.29) is 12.5 Å². The van der Waals surface area contributed by atoms with Crippen molar-refractivity contribution in [3.05, 3.63) is 30.1 Å². The molecule has 0 fully saturated rings. The van der Waals surface area contributed by atoms with Gasteiger partial charge in [-0.2, -0.15) is 0 Å². The Kier molecular flexibility index (Phi) is 7.17. The number of carbonyl (C=O) groups is 2. The Balaban J connectivity index is 2.38. The van der Waals surface area contributed by atoms with Gasteiger partial charge in [0.1, 0.15) is 6.54 Å². The molecule has 1 heterocycles. The Hall–Kier alpha value is -2.04. The second-order valence-electron chi connectivity index (χ2n) is 4.51. The summed E-state index contributed by atoms with van der Waals surface area (Å²) in [6.07, 6.45) is 8.48. The van der Waals surface area contributed by atoms with Crippen LogP contribution in [0, 0.1) is 0 Å². The fraction of sp³-hybridized carbons (Fsp3) is 0.467. The van der Waals surface area contributed by atoms with Gasteiger partial charge in [0.15, 0.2) is 0 Å². The van der Waals surface area contributed by atoms with Crippen molar-refractivity contribution in [2.75, 3.05) is 6.61 Å². The van der Waals surface area contributed by atoms with Gasteiger partial charge in [-0.1, -0.05) is 26.2 Å². The van der Waals surface area contributed by atoms with E-state index in [0.717, 1.165) is 31.8 Å². The molecule has 0 aliphatic carbocycles. The first-order valence-electron chi connectivity index (χ1n) is 6.85. The van der Waals surface area contributed by atoms with Crippen LogP contribution in [-0.4, -0.2) is 28.2 Å². The van der Waals surface area contributed by atoms with Crippen LogP contribution in [0.1, 0.15) is 38.3 Å². The zero-order valence-electron chi connectivity index (χ0n) is 11.7. The Labute approximate surface area is 118 Å². The highest BCUT2D eigenvalue weighted by Gasteiger charge is 2.06. The van der Waals surface area contributed by atoms with Crippen LogP contribution < -0.4 is 0 Å². The van der Waals surface area contributed by atoms with Crippen LogP contribution in [0.5, 0.6) is 0 Å². The van der Waals surface area contributed by atoms with Crippen molar-refractivity contribution >= 4 is 18.0 Å². The minimum atomic E-state index is -1.02. The van der Waals surface area contributed by atoms with Gasteiger partial charge in [0.05, 0.1) is 6.61 Å². The lowest BCUT2D eigenvalue weighted by atomic mass is 10.2. The van der Waals surface area contributed by atoms with E-state index in [2.05, 4.69) is 6.92 Å². The Morgan fingerprint density at radius 2 is 2.15 bits per heavy atom. The summed E-state index contributed by atoms with van der Waals surface area (Å²) in [5, 5.41) is 8.58. The maximum absolute atomic E-state index is 11.6. The average molecular weight is 279 g/mol. The van der Waals surface area contributed by atoms with Gasteiger partial charge in [-0.25, -0.2) is 4.79 Å². The summed E-state index contributed by atoms with van der Waals surface area (Å²) >= 11 is 0. The molecule has 1 N–H and O–H groups in total. The standard InChI is InChI=1S/C15H21NO4/c1-2-3-4-5-11-20-15(19)12-16-10-6-7-13(16)8-9-14(17)18/h6-10H,2-5,11-12H2,1H3,(H,17,18)/b9-8+. The number of carboxylic acids is 1. The van der Waals surface area contributed by atoms with Crippen LogP contribution in [0.15, 0.2) is 24.4 Å². The molecule has 0 radical (unpaired) electrons. The largest absolute Gasteiger partial charge is 0.478 e. The summed E-state index contributed by atoms with van der Waals surface area (Å²) in [4.78, 5) is 22.1. The highest BCUT2D eigenvalue weighted by atomic mass is 16.5. The van der Waals surface area contributed by atoms with Crippen molar-refractivity contribution in [2.45, 2.75) is 39.2 Å². The first-order valence-corrected chi connectivity index (χ1v) is 6.85. The van der Waals surface area contributed by atoms with E-state index in [0.29, 0.717) is 12.3 Å². The fourth-order valence-electron chi connectivity index (χ4n) is 1.78. The number of hydrogen-bond donors (Lipinski definition) is 1. The summed E-state index contributed by atoms with van der Waals surface area (Å²) < 4.78 is 6.80. The number of nitrogens with zero attached hydrogens (tertiary/aromatic N) is 1. The Morgan fingerprint density at radius 3 is 2.85 bits per heavy atom. The molecule has 0 bridgehead atoms. The van der Waals surface area contributed by atoms with Gasteiger partial charge in [-0.15, -0.1) is 0 Å². The van der Waals surface area contributed by atoms with E-state index in [1.165, 1.54) is 6.08 Å². The van der Waals surface area contributed by atoms with Crippen molar-refractivity contribution in [2.24, 2.45) is 0 Å². The number of unbranched alkanes of at least 4 members (excludes halogenated alkanes) is 3. The number of carboxylic acid groups (broad SMARTS) is 1. The van der Waals surface area contributed by atoms with Crippen molar-refractivity contribution in [1.29, 1.82) is 0 Å². The molecule has 1 aromatic heterocycles. The second kappa shape index (κ2) is 8.96. The van der Waals surface area contributed by atoms with Crippen molar-refractivity contribution in [1.82, 2.24) is 4.57 Å². The Bertz CT molecular complexity index is 462. The summed E-state index contributed by atoms with van der Waals surface area (Å²) in [6, 6.07) is 3.50. The fourth-order valence-corrected chi connectivity index (χ4v) is 1.78. The number of hydrogen-bond acceptors (Lipinski definition) is 3. The molecule has 0 aromatic carbocycles. The zero-order chi connectivity index (χ0) is 14.8. The maximum Gasteiger partial charge on any atom is 0.328 e. The van der Waals surface area contributed by atoms with E-state index < -0.39 is 5.97 Å². The van der Waals surface area contributed by atoms with Gasteiger partial charge in [0.2, 0.25) is 0 Å². The SMILES string of the molecule is CCCCCCOC(=O)Cn1cccc1/C=C/C(=O)O. The third-order valence-electron chi connectivity index (χ3n) is 2.82. The second-order valence-corrected chi connectivity index (χ2v) is 4.51. The summed E-state index contributed by atoms with van der Waals surface area (Å²) in [5.41, 5.74) is 0.662. The molecule has 0 spiro atoms. The number of ether oxygens (including phenoxy) is 1. The Morgan fingerprint density at radius 1 is 1.35 bits per heavy atom. The number of aromatic nitrogens is 1. The molecule has 0 atom stereocenters. The summed E-state index contributed by atoms with van der Waals surface area (Å²) in [5.74, 6) is -1.32. The third-order valence-corrected chi connectivity index (χ3v) is 2.82. The maximum atomic E-state index is 11.6. The lowest BCUT2D eigenvalue weighted by Crippen LogP contribution is -2.14. The van der Waals surface area contributed by atoms with E-state index in [9.17, 15) is 9.59 Å². The minimum Gasteiger partial charge on any atom is -0.478 e. The van der Waals surface area contributed by atoms with Crippen LogP contribution in [0.2, 0.25) is 0 Å². The van der Waals surface area contributed by atoms with Crippen LogP contribution in [0.25, 0.3) is 6.08 Å². The summed E-state index contributed by atoms with van der Waals surface area (Å²) in [7, 11) is 0. The monoisotopic (exact) mass is 279 g/mol. The molecule has 0 aliphatic heterocycles. The van der Waals surface area contributed by atoms with Gasteiger partial charge in [-0.05, 0) is 24.6 Å². The molecular formula is C15H21NO4. The predicted molar refractivity (Wildman–Crippen MR) is 76.2 cm³/mol. The first kappa shape index (κ1) is 16.0. The third kappa shape index (κ3) is 6.22. The summed E-state index contributed by atoms with van der Waals surface area (Å²) in [6.45, 7) is 2.67. The van der Waals surface area contributed by atoms with Gasteiger partial charge >= 0.3 is 11.9 Å². The van der Waals surface area contributed by atoms with Crippen LogP contribution in [0.4, 0.5) is 0 Å². The normalized spacial score (nSPS) is 10.8. The van der Waals surface area contributed by atoms with Crippen molar-refractivity contribution < 1.29 is 19.4 Å². The van der Waals surface area contributed by atoms with Crippen molar-refractivity contribution in [3.63, 3.8) is 0 Å². The minimum absolute atomic E-state index is 0.0973. The molecule has 0 saturated carbocycles. The lowest BCUT2D eigenvalue weighted by molar-refractivity contribution is -0.144. The topological polar surface area (TPSA) is 68.5 Å². The van der Waals surface area contributed by atoms with Gasteiger partial charge in [0, 0.05) is 18.0 Å². The van der Waals surface area contributed by atoms with Crippen LogP contribution in [0.3, 0.4) is 0 Å². The quantitative estimate of drug-likeness (QED) is 0.429. The molecule has 0 amide bonds. The zero-order valence-corrected chi connectivity index (χ0v) is 11.7. The predicted octanol–water partition coefficient (Wildman–Crippen LogP) is 2.71. The average Bonchev–Trinajstić information content (AvgIpc) is 2.83. The van der Waals surface area contributed by atoms with E-state index in [1.54, 1.807) is 22.9 Å². The molecular weight excluding hydrogens is 258 g/mol. The number of esters is 1. The molecule has 5 heteroatoms. The van der Waals surface area contributed by atoms with Gasteiger partial charge in [0.25, 0.3) is 0 Å². The van der Waals surface area contributed by atoms with Gasteiger partial charge < -0.3 is 14.4 Å². The van der Waals surface area contributed by atoms with Crippen molar-refractivity contribution in [3.8, 4) is 0 Å². The molecule has 110 valence electrons. The highest BCUT2D eigenvalue weighted by Crippen LogP contribution is 2.06. The molecule has 0 saturated heterocycles. The number of aliphatic carboxylic acids is 1. The highest BCUT2D eigenvalue weighted by molar-refractivity contribution is 5.85. The number of rotatable bonds is 9. The first-order chi connectivity index (χ1) is 9.63. The molecule has 5 nitrogen and oxygen atoms in total. The van der Waals surface area contributed by atoms with Crippen LogP contribution in [-0.2, 0) is 20.9 Å².